The summed E-state index contributed by atoms with van der Waals surface area (Å²) in [6.45, 7) is 0.710. The van der Waals surface area contributed by atoms with E-state index in [-0.39, 0.29) is 11.6 Å². The molecule has 1 saturated heterocycles. The van der Waals surface area contributed by atoms with Crippen molar-refractivity contribution in [3.05, 3.63) is 36.0 Å². The van der Waals surface area contributed by atoms with Crippen LogP contribution in [0.4, 0.5) is 11.4 Å². The van der Waals surface area contributed by atoms with E-state index in [2.05, 4.69) is 14.8 Å². The number of piperidine rings is 1. The second-order valence-corrected chi connectivity index (χ2v) is 5.25. The molecule has 0 unspecified atom stereocenters. The number of anilines is 2. The van der Waals surface area contributed by atoms with E-state index in [9.17, 15) is 14.4 Å². The highest BCUT2D eigenvalue weighted by Gasteiger charge is 2.19. The van der Waals surface area contributed by atoms with Gasteiger partial charge in [-0.05, 0) is 37.1 Å². The van der Waals surface area contributed by atoms with Crippen LogP contribution in [0.25, 0.3) is 0 Å². The molecule has 24 heavy (non-hydrogen) atoms. The first kappa shape index (κ1) is 17.5. The Balaban J connectivity index is 2.14. The lowest BCUT2D eigenvalue weighted by Crippen LogP contribution is -2.35. The third-order valence-corrected chi connectivity index (χ3v) is 3.65. The van der Waals surface area contributed by atoms with Crippen LogP contribution in [-0.4, -0.2) is 38.6 Å². The van der Waals surface area contributed by atoms with Crippen LogP contribution in [0.3, 0.4) is 0 Å². The first-order valence-corrected chi connectivity index (χ1v) is 7.60. The van der Waals surface area contributed by atoms with Crippen molar-refractivity contribution in [3.8, 4) is 0 Å². The van der Waals surface area contributed by atoms with Gasteiger partial charge in [-0.25, -0.2) is 9.59 Å². The molecule has 128 valence electrons. The molecule has 1 fully saturated rings. The van der Waals surface area contributed by atoms with Crippen molar-refractivity contribution >= 4 is 29.2 Å². The molecule has 0 radical (unpaired) electrons. The van der Waals surface area contributed by atoms with E-state index in [4.69, 9.17) is 0 Å². The summed E-state index contributed by atoms with van der Waals surface area (Å²) < 4.78 is 9.15. The number of ether oxygens (including phenoxy) is 2. The molecule has 1 aromatic carbocycles. The van der Waals surface area contributed by atoms with Crippen molar-refractivity contribution in [2.24, 2.45) is 0 Å². The van der Waals surface area contributed by atoms with E-state index >= 15 is 0 Å². The quantitative estimate of drug-likeness (QED) is 0.654. The number of rotatable bonds is 5. The summed E-state index contributed by atoms with van der Waals surface area (Å²) in [5, 5.41) is 2.82. The first-order chi connectivity index (χ1) is 11.5. The molecule has 1 aliphatic rings. The minimum atomic E-state index is -0.685. The summed E-state index contributed by atoms with van der Waals surface area (Å²) in [6.07, 6.45) is 3.50. The van der Waals surface area contributed by atoms with Crippen LogP contribution in [0.2, 0.25) is 0 Å². The van der Waals surface area contributed by atoms with Gasteiger partial charge in [0, 0.05) is 24.3 Å². The summed E-state index contributed by atoms with van der Waals surface area (Å²) in [5.74, 6) is -1.24. The van der Waals surface area contributed by atoms with Crippen LogP contribution in [0.1, 0.15) is 19.3 Å². The van der Waals surface area contributed by atoms with Crippen LogP contribution in [0, 0.1) is 0 Å². The van der Waals surface area contributed by atoms with Gasteiger partial charge in [0.1, 0.15) is 5.70 Å². The highest BCUT2D eigenvalue weighted by molar-refractivity contribution is 5.99. The zero-order valence-electron chi connectivity index (χ0n) is 13.7. The molecule has 1 aliphatic heterocycles. The molecule has 0 atom stereocenters. The fraction of sp³-hybridized carbons (Fsp3) is 0.353. The molecule has 2 rings (SSSR count). The van der Waals surface area contributed by atoms with Gasteiger partial charge in [-0.3, -0.25) is 4.79 Å². The molecule has 0 saturated carbocycles. The van der Waals surface area contributed by atoms with Crippen LogP contribution in [0.15, 0.2) is 36.0 Å². The number of nitrogens with zero attached hydrogens (tertiary/aromatic N) is 1. The fourth-order valence-electron chi connectivity index (χ4n) is 2.39. The Kier molecular flexibility index (Phi) is 5.95. The first-order valence-electron chi connectivity index (χ1n) is 7.60. The smallest absolute Gasteiger partial charge is 0.354 e. The van der Waals surface area contributed by atoms with Crippen LogP contribution < -0.4 is 10.2 Å². The lowest BCUT2D eigenvalue weighted by molar-refractivity contribution is -0.138. The van der Waals surface area contributed by atoms with Gasteiger partial charge in [0.2, 0.25) is 5.91 Å². The number of carbonyl (C=O) groups excluding carboxylic acids is 3. The van der Waals surface area contributed by atoms with E-state index in [1.54, 1.807) is 29.2 Å². The van der Waals surface area contributed by atoms with Crippen molar-refractivity contribution in [1.82, 2.24) is 0 Å². The molecule has 0 aliphatic carbocycles. The summed E-state index contributed by atoms with van der Waals surface area (Å²) >= 11 is 0. The standard InChI is InChI=1S/C17H20N2O5/c1-23-16(21)11-14(17(22)24-2)18-12-6-8-13(9-7-12)19-10-4-3-5-15(19)20/h6-9,11,18H,3-5,10H2,1-2H3/b14-11+. The third kappa shape index (κ3) is 4.34. The summed E-state index contributed by atoms with van der Waals surface area (Å²) in [5.41, 5.74) is 1.36. The molecule has 0 bridgehead atoms. The van der Waals surface area contributed by atoms with Gasteiger partial charge < -0.3 is 19.7 Å². The molecular formula is C17H20N2O5. The molecule has 7 heteroatoms. The number of benzene rings is 1. The summed E-state index contributed by atoms with van der Waals surface area (Å²) in [4.78, 5) is 36.7. The maximum atomic E-state index is 11.9. The monoisotopic (exact) mass is 332 g/mol. The molecule has 7 nitrogen and oxygen atoms in total. The predicted molar refractivity (Wildman–Crippen MR) is 88.4 cm³/mol. The average molecular weight is 332 g/mol. The number of esters is 2. The van der Waals surface area contributed by atoms with E-state index in [0.717, 1.165) is 24.6 Å². The van der Waals surface area contributed by atoms with Crippen molar-refractivity contribution in [2.75, 3.05) is 31.0 Å². The number of hydrogen-bond donors (Lipinski definition) is 1. The third-order valence-electron chi connectivity index (χ3n) is 3.65. The zero-order chi connectivity index (χ0) is 17.5. The number of methoxy groups -OCH3 is 2. The lowest BCUT2D eigenvalue weighted by Gasteiger charge is -2.26. The Morgan fingerprint density at radius 2 is 1.83 bits per heavy atom. The van der Waals surface area contributed by atoms with Gasteiger partial charge in [-0.1, -0.05) is 0 Å². The van der Waals surface area contributed by atoms with Gasteiger partial charge in [-0.2, -0.15) is 0 Å². The Morgan fingerprint density at radius 3 is 2.42 bits per heavy atom. The van der Waals surface area contributed by atoms with Gasteiger partial charge in [0.15, 0.2) is 0 Å². The minimum absolute atomic E-state index is 0.0360. The second kappa shape index (κ2) is 8.14. The topological polar surface area (TPSA) is 84.9 Å². The lowest BCUT2D eigenvalue weighted by atomic mass is 10.1. The maximum Gasteiger partial charge on any atom is 0.354 e. The van der Waals surface area contributed by atoms with E-state index in [1.165, 1.54) is 14.2 Å². The SMILES string of the molecule is COC(=O)/C=C(/Nc1ccc(N2CCCCC2=O)cc1)C(=O)OC. The van der Waals surface area contributed by atoms with Gasteiger partial charge in [0.25, 0.3) is 0 Å². The highest BCUT2D eigenvalue weighted by Crippen LogP contribution is 2.23. The molecule has 0 aromatic heterocycles. The number of nitrogens with one attached hydrogen (secondary N) is 1. The average Bonchev–Trinajstić information content (AvgIpc) is 2.61. The van der Waals surface area contributed by atoms with Gasteiger partial charge in [-0.15, -0.1) is 0 Å². The number of hydrogen-bond acceptors (Lipinski definition) is 6. The van der Waals surface area contributed by atoms with Crippen molar-refractivity contribution < 1.29 is 23.9 Å². The molecule has 1 aromatic rings. The largest absolute Gasteiger partial charge is 0.466 e. The summed E-state index contributed by atoms with van der Waals surface area (Å²) in [6, 6.07) is 7.04. The number of carbonyl (C=O) groups is 3. The Labute approximate surface area is 140 Å². The van der Waals surface area contributed by atoms with Crippen LogP contribution in [-0.2, 0) is 23.9 Å². The predicted octanol–water partition coefficient (Wildman–Crippen LogP) is 1.85. The second-order valence-electron chi connectivity index (χ2n) is 5.25. The van der Waals surface area contributed by atoms with Gasteiger partial charge in [0.05, 0.1) is 20.3 Å². The van der Waals surface area contributed by atoms with Crippen molar-refractivity contribution in [2.45, 2.75) is 19.3 Å². The zero-order valence-corrected chi connectivity index (χ0v) is 13.7. The Hall–Kier alpha value is -2.83. The van der Waals surface area contributed by atoms with E-state index < -0.39 is 11.9 Å². The van der Waals surface area contributed by atoms with Crippen LogP contribution >= 0.6 is 0 Å². The van der Waals surface area contributed by atoms with Gasteiger partial charge >= 0.3 is 11.9 Å². The van der Waals surface area contributed by atoms with Crippen molar-refractivity contribution in [3.63, 3.8) is 0 Å². The fourth-order valence-corrected chi connectivity index (χ4v) is 2.39. The highest BCUT2D eigenvalue weighted by atomic mass is 16.5. The molecule has 1 heterocycles. The molecule has 1 N–H and O–H groups in total. The minimum Gasteiger partial charge on any atom is -0.466 e. The molecular weight excluding hydrogens is 312 g/mol. The normalized spacial score (nSPS) is 15.0. The number of amides is 1. The molecule has 1 amide bonds. The van der Waals surface area contributed by atoms with Crippen LogP contribution in [0.5, 0.6) is 0 Å². The maximum absolute atomic E-state index is 11.9. The molecule has 0 spiro atoms. The van der Waals surface area contributed by atoms with Crippen molar-refractivity contribution in [1.29, 1.82) is 0 Å². The van der Waals surface area contributed by atoms with E-state index in [1.807, 2.05) is 0 Å². The Morgan fingerprint density at radius 1 is 1.12 bits per heavy atom. The van der Waals surface area contributed by atoms with E-state index in [0.29, 0.717) is 18.7 Å². The Bertz CT molecular complexity index is 651. The summed E-state index contributed by atoms with van der Waals surface area (Å²) in [7, 11) is 2.44.